The fraction of sp³-hybridized carbons (Fsp3) is 0.708. The Morgan fingerprint density at radius 1 is 0.549 bits per heavy atom. The first-order valence-corrected chi connectivity index (χ1v) is 26.4. The number of aliphatic carboxylic acids is 1. The molecule has 1 aliphatic rings. The maximum Gasteiger partial charge on any atom is 0.326 e. The summed E-state index contributed by atoms with van der Waals surface area (Å²) in [7, 11) is 0. The predicted octanol–water partition coefficient (Wildman–Crippen LogP) is -9.58. The number of carboxylic acid groups (broad SMARTS) is 1. The molecular weight excluding hydrogens is 1090 g/mol. The number of amides is 12. The lowest BCUT2D eigenvalue weighted by atomic mass is 10.0. The van der Waals surface area contributed by atoms with Crippen molar-refractivity contribution in [1.29, 1.82) is 0 Å². The average Bonchev–Trinajstić information content (AvgIpc) is 4.06. The molecule has 0 aliphatic carbocycles. The average molecular weight is 1170 g/mol. The number of primary amides is 2. The van der Waals surface area contributed by atoms with Crippen LogP contribution in [0.3, 0.4) is 0 Å². The van der Waals surface area contributed by atoms with E-state index in [1.165, 1.54) is 27.7 Å². The highest BCUT2D eigenvalue weighted by Crippen LogP contribution is 2.21. The molecule has 0 aromatic carbocycles. The van der Waals surface area contributed by atoms with Gasteiger partial charge in [0.1, 0.15) is 54.4 Å². The number of rotatable bonds is 36. The minimum Gasteiger partial charge on any atom is -0.480 e. The van der Waals surface area contributed by atoms with Crippen LogP contribution in [0.2, 0.25) is 0 Å². The molecule has 0 aromatic heterocycles. The molecule has 0 saturated carbocycles. The van der Waals surface area contributed by atoms with Crippen LogP contribution in [-0.4, -0.2) is 218 Å². The fourth-order valence-electron chi connectivity index (χ4n) is 8.00. The van der Waals surface area contributed by atoms with Gasteiger partial charge >= 0.3 is 5.97 Å². The molecule has 1 aliphatic heterocycles. The number of nitrogens with two attached hydrogens (primary N) is 5. The van der Waals surface area contributed by atoms with E-state index in [0.29, 0.717) is 0 Å². The minimum absolute atomic E-state index is 0.0183. The Labute approximate surface area is 472 Å². The van der Waals surface area contributed by atoms with Gasteiger partial charge in [0.05, 0.1) is 37.5 Å². The number of nitrogens with zero attached hydrogens (tertiary/aromatic N) is 2. The van der Waals surface area contributed by atoms with Crippen LogP contribution >= 0.6 is 0 Å². The van der Waals surface area contributed by atoms with Gasteiger partial charge in [0, 0.05) is 25.9 Å². The van der Waals surface area contributed by atoms with E-state index < -0.39 is 187 Å². The minimum atomic E-state index is -1.91. The molecule has 0 unspecified atom stereocenters. The van der Waals surface area contributed by atoms with Crippen molar-refractivity contribution in [3.8, 4) is 0 Å². The molecule has 13 atom stereocenters. The third-order valence-corrected chi connectivity index (χ3v) is 12.7. The molecule has 1 fully saturated rings. The fourth-order valence-corrected chi connectivity index (χ4v) is 8.00. The first-order chi connectivity index (χ1) is 38.1. The van der Waals surface area contributed by atoms with Crippen molar-refractivity contribution in [2.75, 3.05) is 26.2 Å². The van der Waals surface area contributed by atoms with Crippen molar-refractivity contribution in [2.24, 2.45) is 45.5 Å². The molecule has 24 N–H and O–H groups in total. The van der Waals surface area contributed by atoms with Gasteiger partial charge in [-0.3, -0.25) is 62.5 Å². The van der Waals surface area contributed by atoms with Crippen LogP contribution in [0.15, 0.2) is 4.99 Å². The summed E-state index contributed by atoms with van der Waals surface area (Å²) < 4.78 is 0. The number of carboxylic acids is 1. The molecule has 0 bridgehead atoms. The van der Waals surface area contributed by atoms with Crippen LogP contribution in [-0.2, 0) is 62.3 Å². The number of likely N-dealkylation sites (tertiary alicyclic amines) is 1. The topological polar surface area (TPSA) is 577 Å². The number of carbonyl (C=O) groups is 13. The van der Waals surface area contributed by atoms with Gasteiger partial charge in [-0.15, -0.1) is 0 Å². The number of aliphatic hydroxyl groups excluding tert-OH is 4. The Morgan fingerprint density at radius 2 is 1.01 bits per heavy atom. The molecule has 34 heteroatoms. The largest absolute Gasteiger partial charge is 0.480 e. The van der Waals surface area contributed by atoms with Crippen LogP contribution in [0.25, 0.3) is 0 Å². The molecular formula is C48H84N16O18. The van der Waals surface area contributed by atoms with Gasteiger partial charge in [-0.25, -0.2) is 4.79 Å². The summed E-state index contributed by atoms with van der Waals surface area (Å²) in [6, 6.07) is -15.7. The molecule has 34 nitrogen and oxygen atoms in total. The van der Waals surface area contributed by atoms with Crippen molar-refractivity contribution in [3.63, 3.8) is 0 Å². The molecule has 0 spiro atoms. The van der Waals surface area contributed by atoms with Crippen molar-refractivity contribution in [3.05, 3.63) is 0 Å². The maximum absolute atomic E-state index is 14.1. The number of guanidine groups is 1. The Bertz CT molecular complexity index is 2300. The summed E-state index contributed by atoms with van der Waals surface area (Å²) >= 11 is 0. The molecule has 464 valence electrons. The van der Waals surface area contributed by atoms with E-state index in [-0.39, 0.29) is 64.0 Å². The monoisotopic (exact) mass is 1170 g/mol. The predicted molar refractivity (Wildman–Crippen MR) is 287 cm³/mol. The van der Waals surface area contributed by atoms with Crippen molar-refractivity contribution in [2.45, 2.75) is 179 Å². The Balaban J connectivity index is 3.20. The smallest absolute Gasteiger partial charge is 0.326 e. The van der Waals surface area contributed by atoms with Gasteiger partial charge in [0.2, 0.25) is 70.9 Å². The lowest BCUT2D eigenvalue weighted by Gasteiger charge is -2.32. The number of nitrogens with one attached hydrogen (secondary N) is 9. The van der Waals surface area contributed by atoms with Gasteiger partial charge in [-0.05, 0) is 71.1 Å². The molecule has 0 radical (unpaired) electrons. The summed E-state index contributed by atoms with van der Waals surface area (Å²) in [5.74, 6) is -14.9. The summed E-state index contributed by atoms with van der Waals surface area (Å²) in [6.45, 7) is 7.47. The maximum atomic E-state index is 14.1. The third-order valence-electron chi connectivity index (χ3n) is 12.7. The van der Waals surface area contributed by atoms with E-state index in [9.17, 15) is 87.9 Å². The molecule has 82 heavy (non-hydrogen) atoms. The molecule has 1 saturated heterocycles. The standard InChI is InChI=1S/C48H84N16O18/c1-20(2)33(42(76)57-26(13-15-31(51)70)39(73)55-18-32(71)56-27(47(81)82)10-8-16-54-48(52)53)59-41(75)29-11-9-17-64(29)46(80)37(24(7)68)63-40(74)28(19-65)58-44(78)35(22(5)66)62-43(77)34(21(3)4)60-45(79)36(23(6)67)61-38(72)25(49)12-14-30(50)69/h20-29,33-37,65-68H,8-19,49H2,1-7H3,(H2,50,69)(H2,51,70)(H,55,73)(H,56,71)(H,57,76)(H,58,78)(H,59,75)(H,60,79)(H,61,72)(H,62,77)(H,63,74)(H,81,82)(H4,52,53,54)/t22-,23-,24-,25+,26+,27+,28+,29+,33+,34+,35+,36+,37+/m1/s1. The Kier molecular flexibility index (Phi) is 30.9. The highest BCUT2D eigenvalue weighted by Gasteiger charge is 2.42. The molecule has 1 heterocycles. The molecule has 0 aromatic rings. The second kappa shape index (κ2) is 35.1. The van der Waals surface area contributed by atoms with Gasteiger partial charge in [0.15, 0.2) is 5.96 Å². The SMILES string of the molecule is CC(C)[C@H](NC(=O)[C@@H](NC(=O)[C@@H](N)CCC(N)=O)[C@@H](C)O)C(=O)N[C@H](C(=O)N[C@@H](CO)C(=O)N[C@H](C(=O)N1CCC[C@H]1C(=O)N[C@H](C(=O)N[C@@H](CCC(N)=O)C(=O)NCC(=O)N[C@@H](CCCN=C(N)N)C(=O)O)C(C)C)[C@@H](C)O)[C@@H](C)O. The zero-order valence-corrected chi connectivity index (χ0v) is 47.0. The van der Waals surface area contributed by atoms with Crippen LogP contribution < -0.4 is 76.5 Å². The second-order valence-electron chi connectivity index (χ2n) is 20.4. The second-order valence-corrected chi connectivity index (χ2v) is 20.4. The van der Waals surface area contributed by atoms with E-state index in [4.69, 9.17) is 28.7 Å². The van der Waals surface area contributed by atoms with E-state index in [1.54, 1.807) is 0 Å². The van der Waals surface area contributed by atoms with Crippen LogP contribution in [0.1, 0.15) is 99.8 Å². The number of aliphatic hydroxyl groups is 4. The highest BCUT2D eigenvalue weighted by atomic mass is 16.4. The zero-order valence-electron chi connectivity index (χ0n) is 47.0. The quantitative estimate of drug-likeness (QED) is 0.0157. The van der Waals surface area contributed by atoms with Gasteiger partial charge in [0.25, 0.3) is 0 Å². The molecule has 12 amide bonds. The number of aliphatic imine (C=N–C) groups is 1. The van der Waals surface area contributed by atoms with Crippen molar-refractivity contribution in [1.82, 2.24) is 52.8 Å². The number of carbonyl (C=O) groups excluding carboxylic acids is 12. The van der Waals surface area contributed by atoms with Gasteiger partial charge in [-0.1, -0.05) is 27.7 Å². The first kappa shape index (κ1) is 72.2. The zero-order chi connectivity index (χ0) is 62.9. The van der Waals surface area contributed by atoms with E-state index >= 15 is 0 Å². The Hall–Kier alpha value is -7.82. The number of hydrogen-bond acceptors (Lipinski definition) is 19. The summed E-state index contributed by atoms with van der Waals surface area (Å²) in [5.41, 5.74) is 26.7. The lowest BCUT2D eigenvalue weighted by Crippen LogP contribution is -2.64. The molecule has 1 rings (SSSR count). The summed E-state index contributed by atoms with van der Waals surface area (Å²) in [6.07, 6.45) is -5.83. The normalized spacial score (nSPS) is 17.4. The van der Waals surface area contributed by atoms with Crippen LogP contribution in [0, 0.1) is 11.8 Å². The Morgan fingerprint density at radius 3 is 1.51 bits per heavy atom. The van der Waals surface area contributed by atoms with E-state index in [0.717, 1.165) is 25.7 Å². The van der Waals surface area contributed by atoms with E-state index in [2.05, 4.69) is 52.8 Å². The van der Waals surface area contributed by atoms with Crippen LogP contribution in [0.4, 0.5) is 0 Å². The van der Waals surface area contributed by atoms with Gasteiger partial charge in [-0.2, -0.15) is 0 Å². The lowest BCUT2D eigenvalue weighted by molar-refractivity contribution is -0.145. The van der Waals surface area contributed by atoms with Crippen molar-refractivity contribution >= 4 is 82.8 Å². The summed E-state index contributed by atoms with van der Waals surface area (Å²) in [4.78, 5) is 174. The van der Waals surface area contributed by atoms with Crippen LogP contribution in [0.5, 0.6) is 0 Å². The van der Waals surface area contributed by atoms with E-state index in [1.807, 2.05) is 0 Å². The number of hydrogen-bond donors (Lipinski definition) is 19. The summed E-state index contributed by atoms with van der Waals surface area (Å²) in [5, 5.41) is 72.2. The van der Waals surface area contributed by atoms with Gasteiger partial charge < -0.3 is 107 Å². The first-order valence-electron chi connectivity index (χ1n) is 26.4. The van der Waals surface area contributed by atoms with Crippen molar-refractivity contribution < 1.29 is 87.9 Å². The third kappa shape index (κ3) is 24.5. The highest BCUT2D eigenvalue weighted by molar-refractivity contribution is 5.99.